The van der Waals surface area contributed by atoms with E-state index in [9.17, 15) is 0 Å². The molecule has 0 unspecified atom stereocenters. The zero-order valence-electron chi connectivity index (χ0n) is 2.76. The Labute approximate surface area is 77.2 Å². The Balaban J connectivity index is 0. The van der Waals surface area contributed by atoms with Crippen LogP contribution in [-0.2, 0) is 0 Å². The van der Waals surface area contributed by atoms with Gasteiger partial charge >= 0.3 is 51.4 Å². The van der Waals surface area contributed by atoms with Crippen LogP contribution >= 0.6 is 12.0 Å². The number of nitriles is 1. The quantitative estimate of drug-likeness (QED) is 0.196. The second-order valence-electron chi connectivity index (χ2n) is 0.175. The fraction of sp³-hybridized carbons (Fsp3) is 0. The van der Waals surface area contributed by atoms with Gasteiger partial charge in [0.2, 0.25) is 0 Å². The molecule has 0 amide bonds. The van der Waals surface area contributed by atoms with Crippen molar-refractivity contribution in [1.29, 1.82) is 5.26 Å². The SMILES string of the molecule is N#CS[O-].[K+]. The smallest absolute Gasteiger partial charge is 0.787 e. The minimum absolute atomic E-state index is 0. The maximum atomic E-state index is 8.85. The Hall–Kier alpha value is 1.44. The normalized spacial score (nSPS) is 4.00. The van der Waals surface area contributed by atoms with Crippen molar-refractivity contribution < 1.29 is 55.9 Å². The van der Waals surface area contributed by atoms with Crippen molar-refractivity contribution in [2.24, 2.45) is 0 Å². The van der Waals surface area contributed by atoms with Crippen LogP contribution < -0.4 is 51.4 Å². The summed E-state index contributed by atoms with van der Waals surface area (Å²) in [6, 6.07) is 0. The van der Waals surface area contributed by atoms with Crippen molar-refractivity contribution in [3.05, 3.63) is 0 Å². The molecule has 0 aliphatic heterocycles. The molecule has 0 aliphatic carbocycles. The molecule has 0 aromatic heterocycles. The molecule has 0 heterocycles. The number of hydrogen-bond acceptors (Lipinski definition) is 3. The summed E-state index contributed by atoms with van der Waals surface area (Å²) in [7, 11) is 0. The fourth-order valence-electron chi connectivity index (χ4n) is 0. The molecule has 4 heteroatoms. The molecule has 0 saturated carbocycles. The summed E-state index contributed by atoms with van der Waals surface area (Å²) in [5.74, 6) is 0. The summed E-state index contributed by atoms with van der Waals surface area (Å²) in [6.07, 6.45) is 0. The van der Waals surface area contributed by atoms with Gasteiger partial charge in [-0.15, -0.1) is 12.0 Å². The Morgan fingerprint density at radius 2 is 2.00 bits per heavy atom. The van der Waals surface area contributed by atoms with Crippen LogP contribution in [-0.4, -0.2) is 4.55 Å². The minimum atomic E-state index is -0.0880. The third-order valence-electron chi connectivity index (χ3n) is 0.0373. The van der Waals surface area contributed by atoms with E-state index in [4.69, 9.17) is 9.81 Å². The zero-order valence-corrected chi connectivity index (χ0v) is 6.70. The Bertz CT molecular complexity index is 41.4. The molecule has 0 aromatic carbocycles. The van der Waals surface area contributed by atoms with E-state index in [1.54, 1.807) is 0 Å². The van der Waals surface area contributed by atoms with E-state index in [1.807, 2.05) is 0 Å². The number of hydrogen-bond donors (Lipinski definition) is 0. The van der Waals surface area contributed by atoms with Gasteiger partial charge in [0.05, 0.1) is 0 Å². The predicted molar refractivity (Wildman–Crippen MR) is 14.0 cm³/mol. The summed E-state index contributed by atoms with van der Waals surface area (Å²) < 4.78 is 8.85. The van der Waals surface area contributed by atoms with E-state index in [1.165, 1.54) is 5.40 Å². The number of thiocyanates is 1. The summed E-state index contributed by atoms with van der Waals surface area (Å²) in [5, 5.41) is 8.57. The van der Waals surface area contributed by atoms with Crippen molar-refractivity contribution in [2.75, 3.05) is 0 Å². The molecule has 5 heavy (non-hydrogen) atoms. The van der Waals surface area contributed by atoms with E-state index >= 15 is 0 Å². The summed E-state index contributed by atoms with van der Waals surface area (Å²) in [6.45, 7) is 0. The number of nitrogens with zero attached hydrogens (tertiary/aromatic N) is 1. The van der Waals surface area contributed by atoms with Gasteiger partial charge in [-0.05, 0) is 0 Å². The average molecular weight is 113 g/mol. The van der Waals surface area contributed by atoms with Crippen molar-refractivity contribution >= 4 is 12.0 Å². The summed E-state index contributed by atoms with van der Waals surface area (Å²) >= 11 is -0.0880. The van der Waals surface area contributed by atoms with E-state index in [2.05, 4.69) is 0 Å². The third kappa shape index (κ3) is 10.8. The third-order valence-corrected chi connectivity index (χ3v) is 0.112. The maximum Gasteiger partial charge on any atom is 1.00 e. The van der Waals surface area contributed by atoms with Gasteiger partial charge in [-0.25, -0.2) is 0 Å². The standard InChI is InChI=1S/CHNOS.K/c2-1-4-3;/h3H;/q;+1/p-1. The van der Waals surface area contributed by atoms with Crippen molar-refractivity contribution in [1.82, 2.24) is 0 Å². The van der Waals surface area contributed by atoms with Crippen LogP contribution in [0.2, 0.25) is 0 Å². The van der Waals surface area contributed by atoms with Crippen LogP contribution in [0.3, 0.4) is 0 Å². The van der Waals surface area contributed by atoms with Gasteiger partial charge < -0.3 is 4.55 Å². The molecule has 0 spiro atoms. The van der Waals surface area contributed by atoms with Crippen LogP contribution in [0.15, 0.2) is 0 Å². The van der Waals surface area contributed by atoms with Gasteiger partial charge in [-0.3, -0.25) is 0 Å². The molecule has 0 aliphatic rings. The van der Waals surface area contributed by atoms with Crippen LogP contribution in [0.4, 0.5) is 0 Å². The van der Waals surface area contributed by atoms with Crippen LogP contribution in [0.25, 0.3) is 0 Å². The van der Waals surface area contributed by atoms with E-state index in [0.29, 0.717) is 0 Å². The molecule has 22 valence electrons. The van der Waals surface area contributed by atoms with Crippen molar-refractivity contribution in [3.63, 3.8) is 0 Å². The largest absolute Gasteiger partial charge is 1.00 e. The van der Waals surface area contributed by atoms with Crippen LogP contribution in [0.5, 0.6) is 0 Å². The molecule has 0 rings (SSSR count). The number of rotatable bonds is 0. The van der Waals surface area contributed by atoms with E-state index in [0.717, 1.165) is 0 Å². The first-order valence-corrected chi connectivity index (χ1v) is 1.34. The summed E-state index contributed by atoms with van der Waals surface area (Å²) in [4.78, 5) is 0. The Morgan fingerprint density at radius 1 is 1.80 bits per heavy atom. The average Bonchev–Trinajstić information content (AvgIpc) is 1.37. The Morgan fingerprint density at radius 3 is 2.00 bits per heavy atom. The van der Waals surface area contributed by atoms with Crippen molar-refractivity contribution in [2.45, 2.75) is 0 Å². The fourth-order valence-corrected chi connectivity index (χ4v) is 0. The molecule has 0 bridgehead atoms. The molecular formula is CKNOS. The van der Waals surface area contributed by atoms with E-state index in [-0.39, 0.29) is 63.4 Å². The first-order valence-electron chi connectivity index (χ1n) is 0.594. The predicted octanol–water partition coefficient (Wildman–Crippen LogP) is -2.66. The summed E-state index contributed by atoms with van der Waals surface area (Å²) in [5.41, 5.74) is 0. The molecule has 0 fully saturated rings. The van der Waals surface area contributed by atoms with Gasteiger partial charge in [-0.1, -0.05) is 0 Å². The molecule has 2 nitrogen and oxygen atoms in total. The maximum absolute atomic E-state index is 8.85. The second-order valence-corrected chi connectivity index (χ2v) is 0.524. The minimum Gasteiger partial charge on any atom is -0.787 e. The van der Waals surface area contributed by atoms with Gasteiger partial charge in [0.15, 0.2) is 0 Å². The first-order chi connectivity index (χ1) is 1.91. The molecule has 0 N–H and O–H groups in total. The topological polar surface area (TPSA) is 46.8 Å². The van der Waals surface area contributed by atoms with Gasteiger partial charge in [0.1, 0.15) is 5.40 Å². The molecule has 0 saturated heterocycles. The van der Waals surface area contributed by atoms with Crippen molar-refractivity contribution in [3.8, 4) is 5.40 Å². The van der Waals surface area contributed by atoms with Gasteiger partial charge in [0, 0.05) is 0 Å². The first kappa shape index (κ1) is 9.67. The molecule has 0 atom stereocenters. The zero-order chi connectivity index (χ0) is 3.41. The monoisotopic (exact) mass is 113 g/mol. The van der Waals surface area contributed by atoms with Crippen LogP contribution in [0.1, 0.15) is 0 Å². The van der Waals surface area contributed by atoms with Crippen LogP contribution in [0, 0.1) is 10.7 Å². The molecule has 0 aromatic rings. The van der Waals surface area contributed by atoms with Gasteiger partial charge in [0.25, 0.3) is 0 Å². The van der Waals surface area contributed by atoms with E-state index < -0.39 is 0 Å². The Kier molecular flexibility index (Phi) is 17.5. The second kappa shape index (κ2) is 9.06. The molecule has 0 radical (unpaired) electrons. The molecular weight excluding hydrogens is 113 g/mol. The van der Waals surface area contributed by atoms with Gasteiger partial charge in [-0.2, -0.15) is 5.26 Å².